The van der Waals surface area contributed by atoms with Crippen molar-refractivity contribution in [1.82, 2.24) is 10.2 Å². The van der Waals surface area contributed by atoms with Crippen molar-refractivity contribution in [3.63, 3.8) is 0 Å². The highest BCUT2D eigenvalue weighted by Gasteiger charge is 2.67. The molecule has 0 aromatic heterocycles. The number of carbonyl (C=O) groups excluding carboxylic acids is 2. The van der Waals surface area contributed by atoms with Gasteiger partial charge >= 0.3 is 0 Å². The highest BCUT2D eigenvalue weighted by molar-refractivity contribution is 6.06. The summed E-state index contributed by atoms with van der Waals surface area (Å²) in [6.45, 7) is 20.8. The normalized spacial score (nSPS) is 44.4. The van der Waals surface area contributed by atoms with Crippen LogP contribution in [0.1, 0.15) is 100 Å². The number of carbonyl (C=O) groups is 2. The summed E-state index contributed by atoms with van der Waals surface area (Å²) in [6.07, 6.45) is 13.6. The van der Waals surface area contributed by atoms with Crippen LogP contribution in [0, 0.1) is 33.0 Å². The Morgan fingerprint density at radius 2 is 1.68 bits per heavy atom. The van der Waals surface area contributed by atoms with Crippen LogP contribution in [0.15, 0.2) is 46.3 Å². The summed E-state index contributed by atoms with van der Waals surface area (Å²) in [5, 5.41) is 14.0. The number of nitrogens with zero attached hydrogens (tertiary/aromatic N) is 1. The molecule has 6 atom stereocenters. The van der Waals surface area contributed by atoms with E-state index in [-0.39, 0.29) is 44.2 Å². The Morgan fingerprint density at radius 3 is 2.38 bits per heavy atom. The summed E-state index contributed by atoms with van der Waals surface area (Å²) in [7, 11) is 0. The van der Waals surface area contributed by atoms with Crippen LogP contribution in [0.25, 0.3) is 0 Å². The van der Waals surface area contributed by atoms with Gasteiger partial charge in [0.2, 0.25) is 11.7 Å². The van der Waals surface area contributed by atoms with Gasteiger partial charge in [-0.15, -0.1) is 0 Å². The van der Waals surface area contributed by atoms with E-state index in [0.29, 0.717) is 17.4 Å². The Labute approximate surface area is 241 Å². The van der Waals surface area contributed by atoms with E-state index >= 15 is 0 Å². The van der Waals surface area contributed by atoms with Gasteiger partial charge in [-0.25, -0.2) is 0 Å². The fourth-order valence-corrected chi connectivity index (χ4v) is 10.3. The van der Waals surface area contributed by atoms with Crippen molar-refractivity contribution < 1.29 is 14.7 Å². The topological polar surface area (TPSA) is 69.6 Å². The molecule has 218 valence electrons. The summed E-state index contributed by atoms with van der Waals surface area (Å²) >= 11 is 0. The molecule has 1 amide bonds. The number of ketones is 1. The molecule has 5 nitrogen and oxygen atoms in total. The third-order valence-corrected chi connectivity index (χ3v) is 13.2. The molecule has 1 heterocycles. The average molecular weight is 547 g/mol. The molecule has 0 spiro atoms. The van der Waals surface area contributed by atoms with Crippen LogP contribution in [-0.2, 0) is 9.59 Å². The van der Waals surface area contributed by atoms with Gasteiger partial charge in [0.05, 0.1) is 0 Å². The van der Waals surface area contributed by atoms with Crippen LogP contribution < -0.4 is 5.32 Å². The van der Waals surface area contributed by atoms with E-state index in [9.17, 15) is 14.7 Å². The van der Waals surface area contributed by atoms with E-state index in [1.54, 1.807) is 6.08 Å². The van der Waals surface area contributed by atoms with E-state index in [2.05, 4.69) is 70.8 Å². The molecule has 4 fully saturated rings. The maximum Gasteiger partial charge on any atom is 0.228 e. The van der Waals surface area contributed by atoms with Crippen molar-refractivity contribution in [1.29, 1.82) is 0 Å². The number of rotatable bonds is 1. The molecule has 6 aliphatic rings. The molecular formula is C35H50N2O3. The first kappa shape index (κ1) is 28.0. The number of hydrogen-bond donors (Lipinski definition) is 2. The van der Waals surface area contributed by atoms with Gasteiger partial charge in [0.1, 0.15) is 0 Å². The van der Waals surface area contributed by atoms with Crippen LogP contribution in [0.4, 0.5) is 0 Å². The maximum absolute atomic E-state index is 14.2. The molecule has 5 aliphatic carbocycles. The Hall–Kier alpha value is -2.14. The van der Waals surface area contributed by atoms with E-state index in [1.807, 2.05) is 6.92 Å². The first-order valence-corrected chi connectivity index (χ1v) is 15.6. The summed E-state index contributed by atoms with van der Waals surface area (Å²) in [6, 6.07) is 0. The molecule has 1 aliphatic heterocycles. The monoisotopic (exact) mass is 546 g/mol. The lowest BCUT2D eigenvalue weighted by Gasteiger charge is -2.70. The fourth-order valence-electron chi connectivity index (χ4n) is 10.3. The van der Waals surface area contributed by atoms with E-state index in [4.69, 9.17) is 0 Å². The van der Waals surface area contributed by atoms with Crippen molar-refractivity contribution in [3.8, 4) is 0 Å². The second kappa shape index (κ2) is 8.46. The number of aliphatic hydroxyl groups is 1. The zero-order valence-electron chi connectivity index (χ0n) is 26.1. The van der Waals surface area contributed by atoms with Crippen LogP contribution in [-0.4, -0.2) is 46.9 Å². The maximum atomic E-state index is 14.2. The van der Waals surface area contributed by atoms with Gasteiger partial charge < -0.3 is 15.3 Å². The van der Waals surface area contributed by atoms with E-state index < -0.39 is 0 Å². The van der Waals surface area contributed by atoms with Crippen LogP contribution >= 0.6 is 0 Å². The SMILES string of the molecule is CC1=C(O)C(=O)C=C2C1=CC=C1[C@@]2(C)CC[C@@]2(C)[C@@H]3C[C@](C)(C(=O)N4CCNC(C)(C)C4)CC[C@]3(C)CC[C@]12C. The number of hydrogen-bond acceptors (Lipinski definition) is 4. The van der Waals surface area contributed by atoms with E-state index in [1.165, 1.54) is 12.0 Å². The third kappa shape index (κ3) is 3.61. The van der Waals surface area contributed by atoms with Crippen molar-refractivity contribution in [3.05, 3.63) is 46.3 Å². The number of fused-ring (bicyclic) bond motifs is 7. The minimum Gasteiger partial charge on any atom is -0.504 e. The summed E-state index contributed by atoms with van der Waals surface area (Å²) in [5.41, 5.74) is 3.95. The number of aliphatic hydroxyl groups excluding tert-OH is 1. The summed E-state index contributed by atoms with van der Waals surface area (Å²) in [4.78, 5) is 29.1. The quantitative estimate of drug-likeness (QED) is 0.378. The summed E-state index contributed by atoms with van der Waals surface area (Å²) in [5.74, 6) is 0.438. The highest BCUT2D eigenvalue weighted by atomic mass is 16.3. The first-order chi connectivity index (χ1) is 18.5. The average Bonchev–Trinajstić information content (AvgIpc) is 2.89. The molecule has 6 rings (SSSR count). The molecular weight excluding hydrogens is 496 g/mol. The van der Waals surface area contributed by atoms with Crippen molar-refractivity contribution in [2.24, 2.45) is 33.0 Å². The minimum absolute atomic E-state index is 0.0223. The molecule has 0 unspecified atom stereocenters. The predicted molar refractivity (Wildman–Crippen MR) is 160 cm³/mol. The van der Waals surface area contributed by atoms with Gasteiger partial charge in [-0.2, -0.15) is 0 Å². The van der Waals surface area contributed by atoms with Gasteiger partial charge in [0.25, 0.3) is 0 Å². The van der Waals surface area contributed by atoms with E-state index in [0.717, 1.165) is 69.3 Å². The lowest BCUT2D eigenvalue weighted by molar-refractivity contribution is -0.175. The number of allylic oxidation sites excluding steroid dienone is 7. The molecule has 0 radical (unpaired) electrons. The fraction of sp³-hybridized carbons (Fsp3) is 0.714. The Bertz CT molecular complexity index is 1320. The number of nitrogens with one attached hydrogen (secondary N) is 1. The largest absolute Gasteiger partial charge is 0.504 e. The lowest BCUT2D eigenvalue weighted by atomic mass is 9.34. The third-order valence-electron chi connectivity index (χ3n) is 13.2. The second-order valence-electron chi connectivity index (χ2n) is 16.1. The van der Waals surface area contributed by atoms with Crippen molar-refractivity contribution in [2.45, 2.75) is 106 Å². The zero-order valence-corrected chi connectivity index (χ0v) is 26.1. The van der Waals surface area contributed by atoms with Crippen molar-refractivity contribution >= 4 is 11.7 Å². The number of amides is 1. The molecule has 3 saturated carbocycles. The second-order valence-corrected chi connectivity index (χ2v) is 16.1. The van der Waals surface area contributed by atoms with Gasteiger partial charge in [-0.05, 0) is 105 Å². The molecule has 40 heavy (non-hydrogen) atoms. The van der Waals surface area contributed by atoms with Crippen LogP contribution in [0.5, 0.6) is 0 Å². The van der Waals surface area contributed by atoms with Crippen LogP contribution in [0.2, 0.25) is 0 Å². The molecule has 0 aromatic rings. The highest BCUT2D eigenvalue weighted by Crippen LogP contribution is 2.75. The zero-order chi connectivity index (χ0) is 29.1. The molecule has 0 aromatic carbocycles. The summed E-state index contributed by atoms with van der Waals surface area (Å²) < 4.78 is 0. The molecule has 2 N–H and O–H groups in total. The minimum atomic E-state index is -0.328. The number of piperazine rings is 1. The Kier molecular flexibility index (Phi) is 5.92. The standard InChI is InChI=1S/C35H50N2O3/c1-22-23-9-10-26-33(6,24(23)19-25(38)28(22)39)14-16-35(8)27-20-32(5,12-11-31(27,4)13-15-34(26,35)7)29(40)37-18-17-36-30(2,3)21-37/h9-10,19,27,36,39H,11-18,20-21H2,1-8H3/t27-,31-,32-,33+,34-,35+/m1/s1. The first-order valence-electron chi connectivity index (χ1n) is 15.6. The van der Waals surface area contributed by atoms with Gasteiger partial charge in [-0.3, -0.25) is 9.59 Å². The molecule has 0 bridgehead atoms. The molecule has 5 heteroatoms. The van der Waals surface area contributed by atoms with Gasteiger partial charge in [0.15, 0.2) is 5.76 Å². The van der Waals surface area contributed by atoms with Gasteiger partial charge in [-0.1, -0.05) is 52.3 Å². The predicted octanol–water partition coefficient (Wildman–Crippen LogP) is 6.82. The lowest BCUT2D eigenvalue weighted by Crippen LogP contribution is -2.64. The van der Waals surface area contributed by atoms with Crippen LogP contribution in [0.3, 0.4) is 0 Å². The molecule has 1 saturated heterocycles. The van der Waals surface area contributed by atoms with Gasteiger partial charge in [0, 0.05) is 41.6 Å². The Morgan fingerprint density at radius 1 is 0.975 bits per heavy atom. The van der Waals surface area contributed by atoms with Crippen molar-refractivity contribution in [2.75, 3.05) is 19.6 Å². The smallest absolute Gasteiger partial charge is 0.228 e. The Balaban J connectivity index is 1.38.